The number of hydrogen-bond donors (Lipinski definition) is 1. The molecule has 4 unspecified atom stereocenters. The van der Waals surface area contributed by atoms with Gasteiger partial charge in [-0.15, -0.1) is 0 Å². The van der Waals surface area contributed by atoms with E-state index >= 15 is 0 Å². The van der Waals surface area contributed by atoms with Crippen molar-refractivity contribution in [2.24, 2.45) is 11.8 Å². The smallest absolute Gasteiger partial charge is 0.125 e. The predicted octanol–water partition coefficient (Wildman–Crippen LogP) is 3.43. The van der Waals surface area contributed by atoms with E-state index in [4.69, 9.17) is 4.74 Å². The first-order valence-corrected chi connectivity index (χ1v) is 7.36. The van der Waals surface area contributed by atoms with Crippen LogP contribution in [0.2, 0.25) is 0 Å². The lowest BCUT2D eigenvalue weighted by molar-refractivity contribution is -0.0177. The number of ether oxygens (including phenoxy) is 1. The zero-order valence-corrected chi connectivity index (χ0v) is 11.3. The van der Waals surface area contributed by atoms with Gasteiger partial charge in [0.05, 0.1) is 0 Å². The van der Waals surface area contributed by atoms with Crippen molar-refractivity contribution in [2.45, 2.75) is 43.7 Å². The molecule has 1 spiro atoms. The topological polar surface area (TPSA) is 21.3 Å². The third-order valence-electron chi connectivity index (χ3n) is 5.48. The molecule has 2 nitrogen and oxygen atoms in total. The molecule has 0 saturated heterocycles. The van der Waals surface area contributed by atoms with Crippen molar-refractivity contribution in [2.75, 3.05) is 7.05 Å². The fraction of sp³-hybridized carbons (Fsp3) is 0.625. The quantitative estimate of drug-likeness (QED) is 0.836. The molecule has 102 valence electrons. The summed E-state index contributed by atoms with van der Waals surface area (Å²) in [6.07, 6.45) is 6.18. The van der Waals surface area contributed by atoms with E-state index in [1.54, 1.807) is 6.07 Å². The summed E-state index contributed by atoms with van der Waals surface area (Å²) in [5.41, 5.74) is 0.998. The van der Waals surface area contributed by atoms with E-state index < -0.39 is 0 Å². The summed E-state index contributed by atoms with van der Waals surface area (Å²) in [7, 11) is 1.96. The highest BCUT2D eigenvalue weighted by Gasteiger charge is 2.55. The summed E-state index contributed by atoms with van der Waals surface area (Å²) in [4.78, 5) is 0. The van der Waals surface area contributed by atoms with Crippen LogP contribution in [-0.2, 0) is 0 Å². The number of fused-ring (bicyclic) bond motifs is 4. The first-order chi connectivity index (χ1) is 9.20. The lowest BCUT2D eigenvalue weighted by Gasteiger charge is -2.45. The van der Waals surface area contributed by atoms with Crippen LogP contribution in [0.15, 0.2) is 18.2 Å². The van der Waals surface area contributed by atoms with Gasteiger partial charge in [-0.1, -0.05) is 0 Å². The van der Waals surface area contributed by atoms with E-state index in [1.165, 1.54) is 31.7 Å². The summed E-state index contributed by atoms with van der Waals surface area (Å²) in [5.74, 6) is 2.27. The van der Waals surface area contributed by atoms with Crippen molar-refractivity contribution >= 4 is 0 Å². The molecule has 3 aliphatic rings. The summed E-state index contributed by atoms with van der Waals surface area (Å²) < 4.78 is 19.8. The Balaban J connectivity index is 1.75. The van der Waals surface area contributed by atoms with Crippen molar-refractivity contribution < 1.29 is 9.13 Å². The SMILES string of the molecule is CNC1CC2(CC3CCC2C3)Oc2ccc(F)cc21. The molecule has 2 bridgehead atoms. The number of nitrogens with one attached hydrogen (secondary N) is 1. The second-order valence-corrected chi connectivity index (χ2v) is 6.47. The van der Waals surface area contributed by atoms with E-state index in [0.717, 1.165) is 23.7 Å². The van der Waals surface area contributed by atoms with Crippen LogP contribution in [0.25, 0.3) is 0 Å². The van der Waals surface area contributed by atoms with Gasteiger partial charge >= 0.3 is 0 Å². The molecular weight excluding hydrogens is 241 g/mol. The van der Waals surface area contributed by atoms with Crippen molar-refractivity contribution in [1.29, 1.82) is 0 Å². The minimum atomic E-state index is -0.175. The fourth-order valence-electron chi connectivity index (χ4n) is 4.63. The highest BCUT2D eigenvalue weighted by molar-refractivity contribution is 5.40. The first-order valence-electron chi connectivity index (χ1n) is 7.36. The maximum atomic E-state index is 13.4. The van der Waals surface area contributed by atoms with Gasteiger partial charge in [0, 0.05) is 18.0 Å². The third-order valence-corrected chi connectivity index (χ3v) is 5.48. The molecule has 1 aromatic rings. The van der Waals surface area contributed by atoms with Crippen molar-refractivity contribution in [1.82, 2.24) is 5.32 Å². The largest absolute Gasteiger partial charge is 0.487 e. The molecule has 1 N–H and O–H groups in total. The number of benzene rings is 1. The maximum Gasteiger partial charge on any atom is 0.125 e. The zero-order chi connectivity index (χ0) is 13.0. The van der Waals surface area contributed by atoms with Gasteiger partial charge in [0.25, 0.3) is 0 Å². The molecule has 0 radical (unpaired) electrons. The Morgan fingerprint density at radius 3 is 2.89 bits per heavy atom. The van der Waals surface area contributed by atoms with Gasteiger partial charge < -0.3 is 10.1 Å². The molecule has 0 amide bonds. The van der Waals surface area contributed by atoms with E-state index in [2.05, 4.69) is 5.32 Å². The molecule has 0 aromatic heterocycles. The maximum absolute atomic E-state index is 13.4. The van der Waals surface area contributed by atoms with Crippen LogP contribution < -0.4 is 10.1 Å². The molecule has 3 heteroatoms. The lowest BCUT2D eigenvalue weighted by Crippen LogP contribution is -2.47. The van der Waals surface area contributed by atoms with Gasteiger partial charge in [-0.3, -0.25) is 0 Å². The molecule has 19 heavy (non-hydrogen) atoms. The van der Waals surface area contributed by atoms with Crippen molar-refractivity contribution in [3.63, 3.8) is 0 Å². The average molecular weight is 261 g/mol. The normalized spacial score (nSPS) is 39.4. The third kappa shape index (κ3) is 1.64. The van der Waals surface area contributed by atoms with Gasteiger partial charge in [0.2, 0.25) is 0 Å². The van der Waals surface area contributed by atoms with E-state index in [0.29, 0.717) is 5.92 Å². The van der Waals surface area contributed by atoms with Crippen LogP contribution >= 0.6 is 0 Å². The van der Waals surface area contributed by atoms with Crippen LogP contribution in [0, 0.1) is 17.7 Å². The van der Waals surface area contributed by atoms with E-state index in [1.807, 2.05) is 13.1 Å². The Hall–Kier alpha value is -1.09. The molecule has 1 aromatic carbocycles. The minimum absolute atomic E-state index is 0.0153. The summed E-state index contributed by atoms with van der Waals surface area (Å²) in [6.45, 7) is 0. The van der Waals surface area contributed by atoms with Crippen LogP contribution in [0.3, 0.4) is 0 Å². The number of rotatable bonds is 1. The lowest BCUT2D eigenvalue weighted by atomic mass is 9.76. The zero-order valence-electron chi connectivity index (χ0n) is 11.3. The number of halogens is 1. The van der Waals surface area contributed by atoms with E-state index in [-0.39, 0.29) is 17.5 Å². The molecule has 1 aliphatic heterocycles. The molecule has 1 heterocycles. The molecular formula is C16H20FNO. The second kappa shape index (κ2) is 3.95. The Labute approximate surface area is 113 Å². The summed E-state index contributed by atoms with van der Waals surface area (Å²) in [5, 5.41) is 3.35. The van der Waals surface area contributed by atoms with E-state index in [9.17, 15) is 4.39 Å². The Morgan fingerprint density at radius 2 is 2.21 bits per heavy atom. The highest BCUT2D eigenvalue weighted by atomic mass is 19.1. The standard InChI is InChI=1S/C16H20FNO/c1-18-14-9-16(8-10-2-3-11(16)6-10)19-15-5-4-12(17)7-13(14)15/h4-5,7,10-11,14,18H,2-3,6,8-9H2,1H3. The van der Waals surface area contributed by atoms with Gasteiger partial charge in [-0.05, 0) is 62.8 Å². The Morgan fingerprint density at radius 1 is 1.32 bits per heavy atom. The predicted molar refractivity (Wildman–Crippen MR) is 71.6 cm³/mol. The summed E-state index contributed by atoms with van der Waals surface area (Å²) >= 11 is 0. The van der Waals surface area contributed by atoms with Crippen LogP contribution in [0.4, 0.5) is 4.39 Å². The van der Waals surface area contributed by atoms with Gasteiger partial charge in [-0.2, -0.15) is 0 Å². The Bertz CT molecular complexity index is 517. The molecule has 4 rings (SSSR count). The summed E-state index contributed by atoms with van der Waals surface area (Å²) in [6, 6.07) is 5.16. The average Bonchev–Trinajstić information content (AvgIpc) is 2.99. The molecule has 2 aliphatic carbocycles. The minimum Gasteiger partial charge on any atom is -0.487 e. The highest BCUT2D eigenvalue weighted by Crippen LogP contribution is 2.57. The Kier molecular flexibility index (Phi) is 2.44. The second-order valence-electron chi connectivity index (χ2n) is 6.47. The van der Waals surface area contributed by atoms with Crippen molar-refractivity contribution in [3.05, 3.63) is 29.6 Å². The monoisotopic (exact) mass is 261 g/mol. The van der Waals surface area contributed by atoms with Gasteiger partial charge in [-0.25, -0.2) is 4.39 Å². The van der Waals surface area contributed by atoms with Gasteiger partial charge in [0.15, 0.2) is 0 Å². The van der Waals surface area contributed by atoms with Crippen LogP contribution in [-0.4, -0.2) is 12.6 Å². The van der Waals surface area contributed by atoms with Crippen LogP contribution in [0.1, 0.15) is 43.7 Å². The first kappa shape index (κ1) is 11.7. The van der Waals surface area contributed by atoms with Crippen molar-refractivity contribution in [3.8, 4) is 5.75 Å². The number of hydrogen-bond acceptors (Lipinski definition) is 2. The van der Waals surface area contributed by atoms with Crippen LogP contribution in [0.5, 0.6) is 5.75 Å². The van der Waals surface area contributed by atoms with Gasteiger partial charge in [0.1, 0.15) is 17.2 Å². The molecule has 4 atom stereocenters. The fourth-order valence-corrected chi connectivity index (χ4v) is 4.63. The molecule has 2 fully saturated rings. The molecule has 2 saturated carbocycles.